The Morgan fingerprint density at radius 1 is 0.833 bits per heavy atom. The molecule has 0 amide bonds. The maximum absolute atomic E-state index is 12.9. The highest BCUT2D eigenvalue weighted by molar-refractivity contribution is 4.85. The van der Waals surface area contributed by atoms with Crippen molar-refractivity contribution in [2.45, 2.75) is 72.9 Å². The highest BCUT2D eigenvalue weighted by atomic mass is 19.4. The Hall–Kier alpha value is -0.210. The van der Waals surface area contributed by atoms with E-state index in [-0.39, 0.29) is 12.3 Å². The van der Waals surface area contributed by atoms with Crippen molar-refractivity contribution in [1.29, 1.82) is 0 Å². The largest absolute Gasteiger partial charge is 0.393 e. The van der Waals surface area contributed by atoms with E-state index >= 15 is 0 Å². The molecule has 1 rings (SSSR count). The number of alkyl halides is 3. The number of rotatable bonds is 2. The zero-order valence-electron chi connectivity index (χ0n) is 12.3. The first kappa shape index (κ1) is 15.8. The smallest absolute Gasteiger partial charge is 0.171 e. The van der Waals surface area contributed by atoms with E-state index in [0.717, 1.165) is 25.7 Å². The summed E-state index contributed by atoms with van der Waals surface area (Å²) in [5.41, 5.74) is -1.24. The highest BCUT2D eigenvalue weighted by Crippen LogP contribution is 2.47. The number of hydrogen-bond acceptors (Lipinski definition) is 0. The van der Waals surface area contributed by atoms with E-state index in [1.165, 1.54) is 13.8 Å². The van der Waals surface area contributed by atoms with Gasteiger partial charge in [-0.3, -0.25) is 0 Å². The van der Waals surface area contributed by atoms with Gasteiger partial charge in [-0.15, -0.1) is 0 Å². The van der Waals surface area contributed by atoms with E-state index in [9.17, 15) is 13.2 Å². The zero-order valence-corrected chi connectivity index (χ0v) is 12.3. The highest BCUT2D eigenvalue weighted by Gasteiger charge is 2.48. The van der Waals surface area contributed by atoms with Crippen LogP contribution >= 0.6 is 0 Å². The Morgan fingerprint density at radius 3 is 1.61 bits per heavy atom. The minimum absolute atomic E-state index is 0.250. The lowest BCUT2D eigenvalue weighted by Crippen LogP contribution is -2.35. The molecule has 0 N–H and O–H groups in total. The van der Waals surface area contributed by atoms with Crippen LogP contribution in [0.5, 0.6) is 0 Å². The quantitative estimate of drug-likeness (QED) is 0.589. The van der Waals surface area contributed by atoms with Gasteiger partial charge in [-0.05, 0) is 36.5 Å². The Morgan fingerprint density at radius 2 is 1.28 bits per heavy atom. The van der Waals surface area contributed by atoms with Crippen LogP contribution in [0.4, 0.5) is 13.2 Å². The lowest BCUT2D eigenvalue weighted by Gasteiger charge is -2.39. The Balaban J connectivity index is 2.50. The van der Waals surface area contributed by atoms with Crippen LogP contribution in [-0.4, -0.2) is 6.18 Å². The summed E-state index contributed by atoms with van der Waals surface area (Å²) in [6.07, 6.45) is 0.300. The molecule has 0 saturated heterocycles. The molecule has 1 fully saturated rings. The Bertz CT molecular complexity index is 262. The predicted octanol–water partition coefficient (Wildman–Crippen LogP) is 5.82. The van der Waals surface area contributed by atoms with Crippen molar-refractivity contribution in [3.05, 3.63) is 0 Å². The summed E-state index contributed by atoms with van der Waals surface area (Å²) in [6, 6.07) is 0. The van der Waals surface area contributed by atoms with E-state index in [2.05, 4.69) is 20.8 Å². The average Bonchev–Trinajstić information content (AvgIpc) is 2.14. The molecule has 0 aromatic heterocycles. The van der Waals surface area contributed by atoms with Gasteiger partial charge in [0.15, 0.2) is 0 Å². The van der Waals surface area contributed by atoms with Gasteiger partial charge in [-0.25, -0.2) is 0 Å². The van der Waals surface area contributed by atoms with E-state index in [1.807, 2.05) is 0 Å². The van der Waals surface area contributed by atoms with Crippen molar-refractivity contribution in [2.75, 3.05) is 0 Å². The molecule has 0 atom stereocenters. The fourth-order valence-corrected chi connectivity index (χ4v) is 3.07. The van der Waals surface area contributed by atoms with Crippen molar-refractivity contribution in [1.82, 2.24) is 0 Å². The molecule has 0 aromatic carbocycles. The minimum Gasteiger partial charge on any atom is -0.171 e. The van der Waals surface area contributed by atoms with Crippen LogP contribution in [0.1, 0.15) is 66.7 Å². The van der Waals surface area contributed by atoms with Gasteiger partial charge in [0.2, 0.25) is 0 Å². The lowest BCUT2D eigenvalue weighted by molar-refractivity contribution is -0.218. The van der Waals surface area contributed by atoms with Crippen molar-refractivity contribution in [2.24, 2.45) is 22.7 Å². The predicted molar refractivity (Wildman–Crippen MR) is 69.4 cm³/mol. The van der Waals surface area contributed by atoms with Crippen LogP contribution in [-0.2, 0) is 0 Å². The molecular weight excluding hydrogens is 237 g/mol. The second kappa shape index (κ2) is 5.05. The molecule has 108 valence electrons. The van der Waals surface area contributed by atoms with Gasteiger partial charge in [0.05, 0.1) is 5.41 Å². The van der Waals surface area contributed by atoms with Crippen molar-refractivity contribution < 1.29 is 13.2 Å². The lowest BCUT2D eigenvalue weighted by atomic mass is 9.67. The van der Waals surface area contributed by atoms with Gasteiger partial charge < -0.3 is 0 Å². The molecule has 3 heteroatoms. The summed E-state index contributed by atoms with van der Waals surface area (Å²) in [7, 11) is 0. The van der Waals surface area contributed by atoms with E-state index in [0.29, 0.717) is 11.3 Å². The minimum atomic E-state index is -4.08. The Labute approximate surface area is 109 Å². The third-order valence-corrected chi connectivity index (χ3v) is 4.64. The molecule has 18 heavy (non-hydrogen) atoms. The monoisotopic (exact) mass is 264 g/mol. The molecule has 1 aliphatic rings. The van der Waals surface area contributed by atoms with Gasteiger partial charge in [0, 0.05) is 0 Å². The summed E-state index contributed by atoms with van der Waals surface area (Å²) < 4.78 is 38.6. The van der Waals surface area contributed by atoms with E-state index in [4.69, 9.17) is 0 Å². The van der Waals surface area contributed by atoms with Gasteiger partial charge in [0.25, 0.3) is 0 Å². The number of hydrogen-bond donors (Lipinski definition) is 0. The summed E-state index contributed by atoms with van der Waals surface area (Å²) in [5, 5.41) is 0. The summed E-state index contributed by atoms with van der Waals surface area (Å²) in [6.45, 7) is 9.37. The van der Waals surface area contributed by atoms with Gasteiger partial charge in [-0.1, -0.05) is 47.5 Å². The van der Waals surface area contributed by atoms with Crippen molar-refractivity contribution >= 4 is 0 Å². The van der Waals surface area contributed by atoms with E-state index < -0.39 is 11.6 Å². The zero-order chi connectivity index (χ0) is 14.2. The first-order valence-electron chi connectivity index (χ1n) is 7.00. The summed E-state index contributed by atoms with van der Waals surface area (Å²) >= 11 is 0. The van der Waals surface area contributed by atoms with Crippen LogP contribution in [0.15, 0.2) is 0 Å². The molecule has 0 nitrogen and oxygen atoms in total. The topological polar surface area (TPSA) is 0 Å². The Kier molecular flexibility index (Phi) is 4.45. The maximum Gasteiger partial charge on any atom is 0.393 e. The van der Waals surface area contributed by atoms with Crippen LogP contribution in [0.3, 0.4) is 0 Å². The molecular formula is C15H27F3. The SMILES string of the molecule is CC(C)(C)C1CCC(CC(C)(C)C(F)(F)F)CC1. The number of halogens is 3. The van der Waals surface area contributed by atoms with Crippen LogP contribution in [0, 0.1) is 22.7 Å². The van der Waals surface area contributed by atoms with Gasteiger partial charge >= 0.3 is 6.18 Å². The molecule has 0 bridgehead atoms. The first-order valence-corrected chi connectivity index (χ1v) is 7.00. The van der Waals surface area contributed by atoms with Crippen LogP contribution < -0.4 is 0 Å². The molecule has 1 saturated carbocycles. The second-order valence-electron chi connectivity index (χ2n) is 7.67. The van der Waals surface area contributed by atoms with Crippen LogP contribution in [0.2, 0.25) is 0 Å². The summed E-state index contributed by atoms with van der Waals surface area (Å²) in [5.74, 6) is 0.919. The third-order valence-electron chi connectivity index (χ3n) is 4.64. The fourth-order valence-electron chi connectivity index (χ4n) is 3.07. The molecule has 0 spiro atoms. The van der Waals surface area contributed by atoms with Crippen LogP contribution in [0.25, 0.3) is 0 Å². The molecule has 0 heterocycles. The standard InChI is InChI=1S/C15H27F3/c1-13(2,3)12-8-6-11(7-9-12)10-14(4,5)15(16,17)18/h11-12H,6-10H2,1-5H3. The molecule has 0 unspecified atom stereocenters. The van der Waals surface area contributed by atoms with Crippen molar-refractivity contribution in [3.8, 4) is 0 Å². The van der Waals surface area contributed by atoms with Gasteiger partial charge in [0.1, 0.15) is 0 Å². The van der Waals surface area contributed by atoms with Gasteiger partial charge in [-0.2, -0.15) is 13.2 Å². The van der Waals surface area contributed by atoms with Crippen molar-refractivity contribution in [3.63, 3.8) is 0 Å². The normalized spacial score (nSPS) is 27.3. The third kappa shape index (κ3) is 3.89. The average molecular weight is 264 g/mol. The maximum atomic E-state index is 12.9. The second-order valence-corrected chi connectivity index (χ2v) is 7.67. The molecule has 1 aliphatic carbocycles. The fraction of sp³-hybridized carbons (Fsp3) is 1.00. The summed E-state index contributed by atoms with van der Waals surface area (Å²) in [4.78, 5) is 0. The molecule has 0 aliphatic heterocycles. The molecule has 0 radical (unpaired) electrons. The van der Waals surface area contributed by atoms with E-state index in [1.54, 1.807) is 0 Å². The molecule has 0 aromatic rings. The first-order chi connectivity index (χ1) is 7.93.